The van der Waals surface area contributed by atoms with Crippen LogP contribution in [0.4, 0.5) is 13.2 Å². The van der Waals surface area contributed by atoms with Crippen LogP contribution in [0.3, 0.4) is 0 Å². The molecule has 1 aromatic carbocycles. The Balaban J connectivity index is 2.00. The summed E-state index contributed by atoms with van der Waals surface area (Å²) in [5.74, 6) is -0.187. The number of nitrogens with zero attached hydrogens (tertiary/aromatic N) is 3. The molecule has 0 saturated heterocycles. The van der Waals surface area contributed by atoms with Crippen LogP contribution in [-0.2, 0) is 23.9 Å². The van der Waals surface area contributed by atoms with Crippen molar-refractivity contribution in [3.63, 3.8) is 0 Å². The average Bonchev–Trinajstić information content (AvgIpc) is 2.99. The molecule has 0 bridgehead atoms. The van der Waals surface area contributed by atoms with Crippen LogP contribution < -0.4 is 5.32 Å². The molecule has 0 unspecified atom stereocenters. The average molecular weight is 340 g/mol. The van der Waals surface area contributed by atoms with E-state index in [0.29, 0.717) is 12.1 Å². The van der Waals surface area contributed by atoms with Gasteiger partial charge in [0, 0.05) is 6.20 Å². The van der Waals surface area contributed by atoms with Gasteiger partial charge in [-0.2, -0.15) is 13.2 Å². The Kier molecular flexibility index (Phi) is 5.58. The maximum atomic E-state index is 12.7. The van der Waals surface area contributed by atoms with E-state index in [1.807, 2.05) is 13.8 Å². The first kappa shape index (κ1) is 18.0. The fourth-order valence-electron chi connectivity index (χ4n) is 2.26. The molecule has 130 valence electrons. The van der Waals surface area contributed by atoms with Gasteiger partial charge in [0.2, 0.25) is 5.91 Å². The lowest BCUT2D eigenvalue weighted by Crippen LogP contribution is -2.42. The van der Waals surface area contributed by atoms with E-state index in [4.69, 9.17) is 0 Å². The second-order valence-electron chi connectivity index (χ2n) is 5.92. The van der Waals surface area contributed by atoms with E-state index in [1.54, 1.807) is 17.1 Å². The molecule has 0 aliphatic heterocycles. The molecular formula is C16H19F3N4O. The Labute approximate surface area is 137 Å². The lowest BCUT2D eigenvalue weighted by Gasteiger charge is -2.22. The van der Waals surface area contributed by atoms with Crippen molar-refractivity contribution in [3.8, 4) is 0 Å². The monoisotopic (exact) mass is 340 g/mol. The number of nitrogens with one attached hydrogen (secondary N) is 1. The maximum absolute atomic E-state index is 12.7. The van der Waals surface area contributed by atoms with E-state index in [9.17, 15) is 18.0 Å². The Hall–Kier alpha value is -2.38. The lowest BCUT2D eigenvalue weighted by molar-refractivity contribution is -0.137. The summed E-state index contributed by atoms with van der Waals surface area (Å²) in [4.78, 5) is 12.2. The van der Waals surface area contributed by atoms with Crippen molar-refractivity contribution < 1.29 is 18.0 Å². The largest absolute Gasteiger partial charge is 0.416 e. The van der Waals surface area contributed by atoms with Gasteiger partial charge in [0.25, 0.3) is 0 Å². The molecule has 0 aliphatic carbocycles. The molecular weight excluding hydrogens is 321 g/mol. The van der Waals surface area contributed by atoms with Crippen LogP contribution in [-0.4, -0.2) is 26.9 Å². The lowest BCUT2D eigenvalue weighted by atomic mass is 10.0. The van der Waals surface area contributed by atoms with E-state index in [-0.39, 0.29) is 24.3 Å². The number of amides is 1. The fourth-order valence-corrected chi connectivity index (χ4v) is 2.26. The van der Waals surface area contributed by atoms with Crippen molar-refractivity contribution in [1.29, 1.82) is 0 Å². The third-order valence-corrected chi connectivity index (χ3v) is 3.63. The molecule has 1 heterocycles. The number of aromatic nitrogens is 3. The van der Waals surface area contributed by atoms with Gasteiger partial charge in [0.15, 0.2) is 0 Å². The molecule has 1 aromatic heterocycles. The van der Waals surface area contributed by atoms with Gasteiger partial charge in [0.05, 0.1) is 30.8 Å². The SMILES string of the molecule is CC(C)[C@H](Cn1ccnn1)NC(=O)Cc1cccc(C(F)(F)F)c1. The highest BCUT2D eigenvalue weighted by Crippen LogP contribution is 2.29. The summed E-state index contributed by atoms with van der Waals surface area (Å²) in [6.45, 7) is 4.35. The number of benzene rings is 1. The van der Waals surface area contributed by atoms with Crippen molar-refractivity contribution in [3.05, 3.63) is 47.8 Å². The number of hydrogen-bond donors (Lipinski definition) is 1. The first-order valence-corrected chi connectivity index (χ1v) is 7.55. The molecule has 2 aromatic rings. The molecule has 0 fully saturated rings. The first-order valence-electron chi connectivity index (χ1n) is 7.55. The molecule has 24 heavy (non-hydrogen) atoms. The minimum atomic E-state index is -4.42. The van der Waals surface area contributed by atoms with Crippen molar-refractivity contribution >= 4 is 5.91 Å². The number of alkyl halides is 3. The summed E-state index contributed by atoms with van der Waals surface area (Å²) in [6, 6.07) is 4.62. The normalized spacial score (nSPS) is 13.1. The van der Waals surface area contributed by atoms with Crippen LogP contribution in [0.25, 0.3) is 0 Å². The van der Waals surface area contributed by atoms with Gasteiger partial charge in [-0.3, -0.25) is 9.48 Å². The smallest absolute Gasteiger partial charge is 0.351 e. The Morgan fingerprint density at radius 1 is 1.33 bits per heavy atom. The second kappa shape index (κ2) is 7.46. The van der Waals surface area contributed by atoms with Crippen molar-refractivity contribution in [2.75, 3.05) is 0 Å². The topological polar surface area (TPSA) is 59.8 Å². The number of rotatable bonds is 6. The van der Waals surface area contributed by atoms with E-state index in [2.05, 4.69) is 15.6 Å². The highest BCUT2D eigenvalue weighted by atomic mass is 19.4. The van der Waals surface area contributed by atoms with Gasteiger partial charge in [-0.1, -0.05) is 37.3 Å². The van der Waals surface area contributed by atoms with Crippen LogP contribution in [0.1, 0.15) is 25.0 Å². The molecule has 5 nitrogen and oxygen atoms in total. The zero-order valence-corrected chi connectivity index (χ0v) is 13.4. The molecule has 0 spiro atoms. The van der Waals surface area contributed by atoms with Gasteiger partial charge >= 0.3 is 6.18 Å². The predicted molar refractivity (Wildman–Crippen MR) is 81.9 cm³/mol. The Bertz CT molecular complexity index is 668. The second-order valence-corrected chi connectivity index (χ2v) is 5.92. The summed E-state index contributed by atoms with van der Waals surface area (Å²) in [5, 5.41) is 10.4. The van der Waals surface area contributed by atoms with Crippen LogP contribution >= 0.6 is 0 Å². The summed E-state index contributed by atoms with van der Waals surface area (Å²) in [7, 11) is 0. The summed E-state index contributed by atoms with van der Waals surface area (Å²) in [6.07, 6.45) is -1.29. The molecule has 0 aliphatic rings. The number of carbonyl (C=O) groups excluding carboxylic acids is 1. The predicted octanol–water partition coefficient (Wildman–Crippen LogP) is 2.68. The van der Waals surface area contributed by atoms with Gasteiger partial charge in [-0.15, -0.1) is 5.10 Å². The zero-order valence-electron chi connectivity index (χ0n) is 13.4. The van der Waals surface area contributed by atoms with Crippen molar-refractivity contribution in [2.24, 2.45) is 5.92 Å². The summed E-state index contributed by atoms with van der Waals surface area (Å²) >= 11 is 0. The van der Waals surface area contributed by atoms with Crippen LogP contribution in [0.15, 0.2) is 36.7 Å². The van der Waals surface area contributed by atoms with Crippen LogP contribution in [0, 0.1) is 5.92 Å². The number of carbonyl (C=O) groups is 1. The molecule has 0 saturated carbocycles. The fraction of sp³-hybridized carbons (Fsp3) is 0.438. The maximum Gasteiger partial charge on any atom is 0.416 e. The van der Waals surface area contributed by atoms with Gasteiger partial charge < -0.3 is 5.32 Å². The quantitative estimate of drug-likeness (QED) is 0.879. The number of hydrogen-bond acceptors (Lipinski definition) is 3. The highest BCUT2D eigenvalue weighted by Gasteiger charge is 2.30. The van der Waals surface area contributed by atoms with Crippen molar-refractivity contribution in [1.82, 2.24) is 20.3 Å². The standard InChI is InChI=1S/C16H19F3N4O/c1-11(2)14(10-23-7-6-20-22-23)21-15(24)9-12-4-3-5-13(8-12)16(17,18)19/h3-8,11,14H,9-10H2,1-2H3,(H,21,24)/t14-/m0/s1. The molecule has 2 rings (SSSR count). The van der Waals surface area contributed by atoms with Gasteiger partial charge in [-0.25, -0.2) is 0 Å². The van der Waals surface area contributed by atoms with E-state index in [1.165, 1.54) is 12.1 Å². The van der Waals surface area contributed by atoms with Gasteiger partial charge in [0.1, 0.15) is 0 Å². The van der Waals surface area contributed by atoms with Crippen molar-refractivity contribution in [2.45, 2.75) is 39.0 Å². The highest BCUT2D eigenvalue weighted by molar-refractivity contribution is 5.78. The minimum absolute atomic E-state index is 0.107. The molecule has 0 radical (unpaired) electrons. The van der Waals surface area contributed by atoms with E-state index >= 15 is 0 Å². The molecule has 1 N–H and O–H groups in total. The summed E-state index contributed by atoms with van der Waals surface area (Å²) < 4.78 is 39.8. The zero-order chi connectivity index (χ0) is 17.7. The molecule has 8 heteroatoms. The Morgan fingerprint density at radius 2 is 2.08 bits per heavy atom. The van der Waals surface area contributed by atoms with Crippen LogP contribution in [0.5, 0.6) is 0 Å². The summed E-state index contributed by atoms with van der Waals surface area (Å²) in [5.41, 5.74) is -0.429. The number of halogens is 3. The van der Waals surface area contributed by atoms with E-state index in [0.717, 1.165) is 12.1 Å². The third kappa shape index (κ3) is 5.07. The molecule has 1 amide bonds. The van der Waals surface area contributed by atoms with Gasteiger partial charge in [-0.05, 0) is 17.5 Å². The Morgan fingerprint density at radius 3 is 2.67 bits per heavy atom. The first-order chi connectivity index (χ1) is 11.3. The third-order valence-electron chi connectivity index (χ3n) is 3.63. The minimum Gasteiger partial charge on any atom is -0.351 e. The van der Waals surface area contributed by atoms with Crippen LogP contribution in [0.2, 0.25) is 0 Å². The molecule has 1 atom stereocenters. The van der Waals surface area contributed by atoms with E-state index < -0.39 is 11.7 Å².